The third-order valence-electron chi connectivity index (χ3n) is 0.401. The lowest BCUT2D eigenvalue weighted by Crippen LogP contribution is -1.95. The van der Waals surface area contributed by atoms with Gasteiger partial charge in [0.25, 0.3) is 0 Å². The van der Waals surface area contributed by atoms with Crippen molar-refractivity contribution in [3.63, 3.8) is 0 Å². The van der Waals surface area contributed by atoms with Gasteiger partial charge in [-0.05, 0) is 6.42 Å². The van der Waals surface area contributed by atoms with E-state index in [1.165, 1.54) is 0 Å². The molecule has 0 aromatic rings. The molecule has 1 N–H and O–H groups in total. The van der Waals surface area contributed by atoms with Gasteiger partial charge < -0.3 is 5.11 Å². The van der Waals surface area contributed by atoms with E-state index in [1.54, 1.807) is 0 Å². The van der Waals surface area contributed by atoms with Crippen LogP contribution in [0.15, 0.2) is 0 Å². The normalized spacial score (nSPS) is 9.75. The van der Waals surface area contributed by atoms with Crippen molar-refractivity contribution in [1.29, 1.82) is 0 Å². The minimum Gasteiger partial charge on any atom is -0.400 e. The van der Waals surface area contributed by atoms with E-state index in [-0.39, 0.29) is 0 Å². The lowest BCUT2D eigenvalue weighted by Gasteiger charge is -2.02. The van der Waals surface area contributed by atoms with E-state index in [0.717, 1.165) is 7.11 Å². The molecule has 0 saturated heterocycles. The molecule has 52 valence electrons. The van der Waals surface area contributed by atoms with Crippen molar-refractivity contribution in [3.05, 3.63) is 0 Å². The number of hydrogen-bond acceptors (Lipinski definition) is 1. The number of aliphatic hydroxyl groups is 1. The zero-order valence-electron chi connectivity index (χ0n) is 4.79. The van der Waals surface area contributed by atoms with E-state index in [1.807, 2.05) is 6.92 Å². The summed E-state index contributed by atoms with van der Waals surface area (Å²) in [5, 5.41) is 7.00. The molecule has 0 aromatic carbocycles. The first-order valence-electron chi connectivity index (χ1n) is 2.07. The summed E-state index contributed by atoms with van der Waals surface area (Å²) < 4.78 is -1.04. The highest BCUT2D eigenvalue weighted by Crippen LogP contribution is 2.28. The quantitative estimate of drug-likeness (QED) is 0.566. The van der Waals surface area contributed by atoms with Crippen molar-refractivity contribution in [3.8, 4) is 0 Å². The Labute approximate surface area is 64.5 Å². The molecule has 0 unspecified atom stereocenters. The summed E-state index contributed by atoms with van der Waals surface area (Å²) in [5.74, 6) is 0. The number of hydrogen-bond donors (Lipinski definition) is 1. The van der Waals surface area contributed by atoms with Crippen molar-refractivity contribution in [1.82, 2.24) is 0 Å². The third kappa shape index (κ3) is 15.8. The van der Waals surface area contributed by atoms with Gasteiger partial charge in [0.15, 0.2) is 3.79 Å². The van der Waals surface area contributed by atoms with Gasteiger partial charge in [-0.2, -0.15) is 0 Å². The number of rotatable bonds is 0. The van der Waals surface area contributed by atoms with Crippen LogP contribution in [0, 0.1) is 0 Å². The Morgan fingerprint density at radius 1 is 1.25 bits per heavy atom. The van der Waals surface area contributed by atoms with E-state index in [9.17, 15) is 0 Å². The highest BCUT2D eigenvalue weighted by molar-refractivity contribution is 6.67. The molecule has 0 aliphatic carbocycles. The molecule has 0 spiro atoms. The number of alkyl halides is 3. The molecule has 0 radical (unpaired) electrons. The Kier molecular flexibility index (Phi) is 8.64. The Morgan fingerprint density at radius 2 is 1.38 bits per heavy atom. The van der Waals surface area contributed by atoms with Gasteiger partial charge in [0.2, 0.25) is 0 Å². The molecule has 0 aliphatic heterocycles. The highest BCUT2D eigenvalue weighted by Gasteiger charge is 2.14. The molecule has 0 aromatic heterocycles. The van der Waals surface area contributed by atoms with Crippen LogP contribution < -0.4 is 0 Å². The molecule has 8 heavy (non-hydrogen) atoms. The fourth-order valence-electron chi connectivity index (χ4n) is 0. The van der Waals surface area contributed by atoms with Gasteiger partial charge in [0.1, 0.15) is 0 Å². The standard InChI is InChI=1S/C3H5Cl3.CH4O/c1-2-3(4,5)6;1-2/h2H2,1H3;2H,1H3. The monoisotopic (exact) mass is 178 g/mol. The highest BCUT2D eigenvalue weighted by atomic mass is 35.6. The van der Waals surface area contributed by atoms with Gasteiger partial charge in [0, 0.05) is 7.11 Å². The SMILES string of the molecule is CCC(Cl)(Cl)Cl.CO. The van der Waals surface area contributed by atoms with Crippen LogP contribution in [-0.4, -0.2) is 16.0 Å². The van der Waals surface area contributed by atoms with Crippen molar-refractivity contribution in [2.24, 2.45) is 0 Å². The molecule has 0 amide bonds. The van der Waals surface area contributed by atoms with E-state index in [0.29, 0.717) is 6.42 Å². The predicted octanol–water partition coefficient (Wildman–Crippen LogP) is 2.38. The van der Waals surface area contributed by atoms with E-state index in [4.69, 9.17) is 39.9 Å². The summed E-state index contributed by atoms with van der Waals surface area (Å²) in [6.07, 6.45) is 0.567. The molecule has 0 saturated carbocycles. The molecular weight excluding hydrogens is 170 g/mol. The maximum absolute atomic E-state index is 7.00. The van der Waals surface area contributed by atoms with E-state index in [2.05, 4.69) is 0 Å². The first-order chi connectivity index (χ1) is 3.56. The van der Waals surface area contributed by atoms with Crippen molar-refractivity contribution >= 4 is 34.8 Å². The van der Waals surface area contributed by atoms with Gasteiger partial charge in [-0.1, -0.05) is 41.7 Å². The largest absolute Gasteiger partial charge is 0.400 e. The Hall–Kier alpha value is 0.830. The second kappa shape index (κ2) is 5.96. The van der Waals surface area contributed by atoms with Gasteiger partial charge in [-0.25, -0.2) is 0 Å². The predicted molar refractivity (Wildman–Crippen MR) is 38.7 cm³/mol. The summed E-state index contributed by atoms with van der Waals surface area (Å²) in [7, 11) is 1.00. The summed E-state index contributed by atoms with van der Waals surface area (Å²) in [5.41, 5.74) is 0. The van der Waals surface area contributed by atoms with Crippen LogP contribution in [0.25, 0.3) is 0 Å². The van der Waals surface area contributed by atoms with Crippen LogP contribution >= 0.6 is 34.8 Å². The van der Waals surface area contributed by atoms with Gasteiger partial charge in [-0.3, -0.25) is 0 Å². The number of aliphatic hydroxyl groups excluding tert-OH is 1. The zero-order valence-corrected chi connectivity index (χ0v) is 7.06. The van der Waals surface area contributed by atoms with Crippen LogP contribution in [0.4, 0.5) is 0 Å². The zero-order chi connectivity index (χ0) is 7.21. The molecule has 0 aliphatic rings. The molecule has 0 bridgehead atoms. The van der Waals surface area contributed by atoms with Crippen LogP contribution in [0.2, 0.25) is 0 Å². The molecular formula is C4H9Cl3O. The number of halogens is 3. The Bertz CT molecular complexity index is 41.0. The molecule has 0 atom stereocenters. The second-order valence-electron chi connectivity index (χ2n) is 0.969. The van der Waals surface area contributed by atoms with Crippen molar-refractivity contribution < 1.29 is 5.11 Å². The van der Waals surface area contributed by atoms with Gasteiger partial charge in [0.05, 0.1) is 0 Å². The lowest BCUT2D eigenvalue weighted by molar-refractivity contribution is 0.399. The fraction of sp³-hybridized carbons (Fsp3) is 1.00. The Morgan fingerprint density at radius 3 is 1.38 bits per heavy atom. The van der Waals surface area contributed by atoms with E-state index < -0.39 is 3.79 Å². The molecule has 1 nitrogen and oxygen atoms in total. The first-order valence-corrected chi connectivity index (χ1v) is 3.21. The summed E-state index contributed by atoms with van der Waals surface area (Å²) in [4.78, 5) is 0. The average molecular weight is 179 g/mol. The molecule has 4 heteroatoms. The lowest BCUT2D eigenvalue weighted by atomic mass is 10.6. The van der Waals surface area contributed by atoms with Crippen LogP contribution in [0.3, 0.4) is 0 Å². The minimum absolute atomic E-state index is 0.567. The minimum atomic E-state index is -1.04. The fourth-order valence-corrected chi connectivity index (χ4v) is 0. The Balaban J connectivity index is 0. The molecule has 0 fully saturated rings. The van der Waals surface area contributed by atoms with Crippen molar-refractivity contribution in [2.75, 3.05) is 7.11 Å². The maximum Gasteiger partial charge on any atom is 0.190 e. The van der Waals surface area contributed by atoms with Crippen LogP contribution in [0.1, 0.15) is 13.3 Å². The van der Waals surface area contributed by atoms with Crippen LogP contribution in [-0.2, 0) is 0 Å². The average Bonchev–Trinajstić information content (AvgIpc) is 1.71. The maximum atomic E-state index is 7.00. The van der Waals surface area contributed by atoms with Gasteiger partial charge in [-0.15, -0.1) is 0 Å². The molecule has 0 rings (SSSR count). The van der Waals surface area contributed by atoms with Gasteiger partial charge >= 0.3 is 0 Å². The summed E-state index contributed by atoms with van der Waals surface area (Å²) in [6, 6.07) is 0. The topological polar surface area (TPSA) is 20.2 Å². The first kappa shape index (κ1) is 11.6. The summed E-state index contributed by atoms with van der Waals surface area (Å²) in [6.45, 7) is 1.81. The summed E-state index contributed by atoms with van der Waals surface area (Å²) >= 11 is 15.7. The van der Waals surface area contributed by atoms with E-state index >= 15 is 0 Å². The smallest absolute Gasteiger partial charge is 0.190 e. The van der Waals surface area contributed by atoms with Crippen LogP contribution in [0.5, 0.6) is 0 Å². The molecule has 0 heterocycles. The second-order valence-corrected chi connectivity index (χ2v) is 3.48. The third-order valence-corrected chi connectivity index (χ3v) is 1.20. The van der Waals surface area contributed by atoms with Crippen molar-refractivity contribution in [2.45, 2.75) is 17.1 Å².